The Labute approximate surface area is 108 Å². The Morgan fingerprint density at radius 2 is 0.800 bits per heavy atom. The molecule has 0 unspecified atom stereocenters. The molecule has 0 saturated heterocycles. The van der Waals surface area contributed by atoms with E-state index in [1.807, 2.05) is 0 Å². The molecule has 0 saturated carbocycles. The van der Waals surface area contributed by atoms with Crippen LogP contribution in [0.15, 0.2) is 25.7 Å². The largest absolute Gasteiger partial charge is 0.516 e. The quantitative estimate of drug-likeness (QED) is 0.395. The minimum atomic E-state index is -0.167. The summed E-state index contributed by atoms with van der Waals surface area (Å²) >= 11 is 0. The first-order chi connectivity index (χ1) is 6.29. The summed E-state index contributed by atoms with van der Waals surface area (Å²) in [5, 5.41) is 30.8. The van der Waals surface area contributed by atoms with E-state index in [0.717, 1.165) is 12.5 Å². The first-order valence-corrected chi connectivity index (χ1v) is 4.16. The van der Waals surface area contributed by atoms with E-state index in [9.17, 15) is 0 Å². The molecule has 0 aromatic carbocycles. The number of hydrogen-bond donors (Lipinski definition) is 4. The first kappa shape index (κ1) is 29.3. The smallest absolute Gasteiger partial charge is 0.0719 e. The van der Waals surface area contributed by atoms with Crippen molar-refractivity contribution < 1.29 is 42.1 Å². The zero-order chi connectivity index (χ0) is 12.6. The summed E-state index contributed by atoms with van der Waals surface area (Å²) in [4.78, 5) is 0. The van der Waals surface area contributed by atoms with Gasteiger partial charge in [-0.2, -0.15) is 0 Å². The van der Waals surface area contributed by atoms with Gasteiger partial charge in [-0.05, 0) is 27.7 Å². The maximum atomic E-state index is 8.06. The third-order valence-corrected chi connectivity index (χ3v) is 0. The second kappa shape index (κ2) is 37.3. The minimum Gasteiger partial charge on any atom is -0.516 e. The van der Waals surface area contributed by atoms with Crippen molar-refractivity contribution in [2.24, 2.45) is 0 Å². The average Bonchev–Trinajstić information content (AvgIpc) is 1.85. The molecule has 0 fully saturated rings. The van der Waals surface area contributed by atoms with Crippen molar-refractivity contribution >= 4 is 0 Å². The van der Waals surface area contributed by atoms with Gasteiger partial charge in [0.05, 0.1) is 12.5 Å². The zero-order valence-electron chi connectivity index (χ0n) is 10.0. The van der Waals surface area contributed by atoms with Crippen LogP contribution in [0.1, 0.15) is 27.7 Å². The Kier molecular flexibility index (Phi) is 72.8. The van der Waals surface area contributed by atoms with Gasteiger partial charge < -0.3 is 20.4 Å². The average molecular weight is 256 g/mol. The monoisotopic (exact) mass is 256 g/mol. The van der Waals surface area contributed by atoms with E-state index in [1.165, 1.54) is 0 Å². The maximum Gasteiger partial charge on any atom is 0.0719 e. The molecule has 15 heavy (non-hydrogen) atoms. The molecule has 0 amide bonds. The van der Waals surface area contributed by atoms with Crippen molar-refractivity contribution in [1.82, 2.24) is 0 Å². The van der Waals surface area contributed by atoms with E-state index < -0.39 is 0 Å². The number of aliphatic hydroxyl groups excluding tert-OH is 4. The summed E-state index contributed by atoms with van der Waals surface area (Å²) in [6.07, 6.45) is 1.17. The molecule has 0 aromatic heterocycles. The van der Waals surface area contributed by atoms with Crippen LogP contribution in [0.25, 0.3) is 0 Å². The van der Waals surface area contributed by atoms with Crippen molar-refractivity contribution in [3.05, 3.63) is 25.7 Å². The second-order valence-corrected chi connectivity index (χ2v) is 2.55. The molecular weight excluding hydrogens is 232 g/mol. The topological polar surface area (TPSA) is 80.9 Å². The molecule has 0 aliphatic heterocycles. The van der Waals surface area contributed by atoms with E-state index in [-0.39, 0.29) is 33.9 Å². The van der Waals surface area contributed by atoms with Crippen LogP contribution in [0.5, 0.6) is 0 Å². The molecule has 0 spiro atoms. The van der Waals surface area contributed by atoms with E-state index in [2.05, 4.69) is 13.2 Å². The normalized spacial score (nSPS) is 6.40. The van der Waals surface area contributed by atoms with Gasteiger partial charge in [-0.25, -0.2) is 0 Å². The molecule has 92 valence electrons. The molecule has 4 N–H and O–H groups in total. The van der Waals surface area contributed by atoms with Crippen LogP contribution >= 0.6 is 0 Å². The van der Waals surface area contributed by atoms with Crippen molar-refractivity contribution in [3.8, 4) is 0 Å². The van der Waals surface area contributed by atoms with Crippen LogP contribution in [0.2, 0.25) is 0 Å². The SMILES string of the molecule is C=CO.C=CO.CC(C)O.CC(C)O.[Ti]. The summed E-state index contributed by atoms with van der Waals surface area (Å²) in [6, 6.07) is 0. The van der Waals surface area contributed by atoms with Crippen LogP contribution in [-0.4, -0.2) is 32.6 Å². The standard InChI is InChI=1S/2C3H8O.2C2H4O.Ti/c2*1-3(2)4;2*1-2-3;/h2*3-4H,1-2H3;2*2-3H,1H2;. The molecule has 0 rings (SSSR count). The predicted molar refractivity (Wildman–Crippen MR) is 60.4 cm³/mol. The van der Waals surface area contributed by atoms with E-state index in [1.54, 1.807) is 27.7 Å². The zero-order valence-corrected chi connectivity index (χ0v) is 11.6. The Bertz CT molecular complexity index is 77.9. The summed E-state index contributed by atoms with van der Waals surface area (Å²) in [5.74, 6) is 0. The summed E-state index contributed by atoms with van der Waals surface area (Å²) in [6.45, 7) is 12.7. The number of hydrogen-bond acceptors (Lipinski definition) is 4. The predicted octanol–water partition coefficient (Wildman–Crippen LogP) is 2.15. The molecule has 0 heterocycles. The third-order valence-electron chi connectivity index (χ3n) is 0. The Hall–Kier alpha value is -0.286. The van der Waals surface area contributed by atoms with Gasteiger partial charge in [-0.3, -0.25) is 0 Å². The molecule has 0 aliphatic rings. The van der Waals surface area contributed by atoms with Crippen LogP contribution < -0.4 is 0 Å². The van der Waals surface area contributed by atoms with Crippen LogP contribution in [0, 0.1) is 0 Å². The van der Waals surface area contributed by atoms with E-state index in [4.69, 9.17) is 20.4 Å². The minimum absolute atomic E-state index is 0. The number of aliphatic hydroxyl groups is 4. The van der Waals surface area contributed by atoms with Gasteiger partial charge in [0.1, 0.15) is 0 Å². The molecular formula is C10H24O4Ti. The fraction of sp³-hybridized carbons (Fsp3) is 0.600. The molecule has 0 aliphatic carbocycles. The Balaban J connectivity index is -0.0000000293. The van der Waals surface area contributed by atoms with Gasteiger partial charge in [0.15, 0.2) is 0 Å². The van der Waals surface area contributed by atoms with Crippen molar-refractivity contribution in [1.29, 1.82) is 0 Å². The van der Waals surface area contributed by atoms with Gasteiger partial charge in [-0.1, -0.05) is 13.2 Å². The molecule has 0 atom stereocenters. The Morgan fingerprint density at radius 3 is 0.800 bits per heavy atom. The van der Waals surface area contributed by atoms with Crippen molar-refractivity contribution in [2.45, 2.75) is 39.9 Å². The van der Waals surface area contributed by atoms with Gasteiger partial charge in [0, 0.05) is 33.9 Å². The Morgan fingerprint density at radius 1 is 0.800 bits per heavy atom. The fourth-order valence-corrected chi connectivity index (χ4v) is 0. The molecule has 5 heteroatoms. The fourth-order valence-electron chi connectivity index (χ4n) is 0. The second-order valence-electron chi connectivity index (χ2n) is 2.55. The molecule has 0 radical (unpaired) electrons. The van der Waals surface area contributed by atoms with Crippen molar-refractivity contribution in [3.63, 3.8) is 0 Å². The number of rotatable bonds is 0. The van der Waals surface area contributed by atoms with Gasteiger partial charge in [-0.15, -0.1) is 0 Å². The summed E-state index contributed by atoms with van der Waals surface area (Å²) in [5.41, 5.74) is 0. The molecule has 0 bridgehead atoms. The van der Waals surface area contributed by atoms with E-state index in [0.29, 0.717) is 0 Å². The van der Waals surface area contributed by atoms with E-state index >= 15 is 0 Å². The first-order valence-electron chi connectivity index (χ1n) is 4.16. The van der Waals surface area contributed by atoms with Crippen LogP contribution in [0.4, 0.5) is 0 Å². The van der Waals surface area contributed by atoms with Crippen LogP contribution in [0.3, 0.4) is 0 Å². The van der Waals surface area contributed by atoms with Gasteiger partial charge in [0.25, 0.3) is 0 Å². The van der Waals surface area contributed by atoms with Gasteiger partial charge in [0.2, 0.25) is 0 Å². The van der Waals surface area contributed by atoms with Crippen molar-refractivity contribution in [2.75, 3.05) is 0 Å². The summed E-state index contributed by atoms with van der Waals surface area (Å²) in [7, 11) is 0. The van der Waals surface area contributed by atoms with Gasteiger partial charge >= 0.3 is 0 Å². The molecule has 0 aromatic rings. The maximum absolute atomic E-state index is 8.06. The third kappa shape index (κ3) is 23100. The summed E-state index contributed by atoms with van der Waals surface area (Å²) < 4.78 is 0. The van der Waals surface area contributed by atoms with Crippen LogP contribution in [-0.2, 0) is 21.7 Å². The molecule has 4 nitrogen and oxygen atoms in total.